The molecule has 0 radical (unpaired) electrons. The zero-order valence-corrected chi connectivity index (χ0v) is 10.9. The van der Waals surface area contributed by atoms with Crippen molar-refractivity contribution in [2.45, 2.75) is 6.92 Å². The third-order valence-electron chi connectivity index (χ3n) is 2.61. The lowest BCUT2D eigenvalue weighted by Crippen LogP contribution is -2.12. The molecule has 2 rings (SSSR count). The molecule has 0 aliphatic heterocycles. The van der Waals surface area contributed by atoms with Crippen LogP contribution in [0.4, 0.5) is 8.78 Å². The Bertz CT molecular complexity index is 770. The molecule has 0 unspecified atom stereocenters. The van der Waals surface area contributed by atoms with Crippen LogP contribution in [-0.2, 0) is 0 Å². The van der Waals surface area contributed by atoms with Crippen molar-refractivity contribution in [1.29, 1.82) is 0 Å². The Labute approximate surface area is 118 Å². The topological polar surface area (TPSA) is 67.5 Å². The second-order valence-corrected chi connectivity index (χ2v) is 4.31. The molecule has 0 saturated heterocycles. The van der Waals surface area contributed by atoms with Gasteiger partial charge in [0.25, 0.3) is 0 Å². The Hall–Kier alpha value is -2.76. The quantitative estimate of drug-likeness (QED) is 0.697. The molecule has 0 saturated carbocycles. The van der Waals surface area contributed by atoms with Crippen molar-refractivity contribution >= 4 is 11.9 Å². The van der Waals surface area contributed by atoms with E-state index in [0.717, 1.165) is 30.4 Å². The molecule has 0 fully saturated rings. The number of benzene rings is 1. The predicted octanol–water partition coefficient (Wildman–Crippen LogP) is 2.83. The van der Waals surface area contributed by atoms with Crippen LogP contribution in [0.15, 0.2) is 39.6 Å². The molecule has 108 valence electrons. The maximum atomic E-state index is 13.0. The summed E-state index contributed by atoms with van der Waals surface area (Å²) in [5.41, 5.74) is -1.40. The van der Waals surface area contributed by atoms with Crippen LogP contribution in [0.5, 0.6) is 5.75 Å². The maximum absolute atomic E-state index is 13.0. The van der Waals surface area contributed by atoms with Crippen LogP contribution >= 0.6 is 0 Å². The predicted molar refractivity (Wildman–Crippen MR) is 71.1 cm³/mol. The Morgan fingerprint density at radius 1 is 1.19 bits per heavy atom. The summed E-state index contributed by atoms with van der Waals surface area (Å²) in [7, 11) is 0. The molecule has 21 heavy (non-hydrogen) atoms. The SMILES string of the molecule is Cc1cc(O)c(C(=O)/C=C/c2cc(F)cc(F)c2)c(=O)o1. The average Bonchev–Trinajstić information content (AvgIpc) is 2.34. The van der Waals surface area contributed by atoms with Gasteiger partial charge >= 0.3 is 5.63 Å². The van der Waals surface area contributed by atoms with Gasteiger partial charge in [-0.05, 0) is 30.7 Å². The van der Waals surface area contributed by atoms with Gasteiger partial charge in [0.1, 0.15) is 28.7 Å². The van der Waals surface area contributed by atoms with Crippen molar-refractivity contribution in [2.75, 3.05) is 0 Å². The van der Waals surface area contributed by atoms with E-state index < -0.39 is 34.4 Å². The van der Waals surface area contributed by atoms with E-state index >= 15 is 0 Å². The fourth-order valence-corrected chi connectivity index (χ4v) is 1.75. The van der Waals surface area contributed by atoms with E-state index in [9.17, 15) is 23.5 Å². The Kier molecular flexibility index (Phi) is 3.98. The van der Waals surface area contributed by atoms with Crippen molar-refractivity contribution in [3.05, 3.63) is 69.3 Å². The fourth-order valence-electron chi connectivity index (χ4n) is 1.75. The van der Waals surface area contributed by atoms with Crippen LogP contribution in [-0.4, -0.2) is 10.9 Å². The second-order valence-electron chi connectivity index (χ2n) is 4.31. The van der Waals surface area contributed by atoms with Crippen LogP contribution in [0.2, 0.25) is 0 Å². The molecule has 4 nitrogen and oxygen atoms in total. The van der Waals surface area contributed by atoms with Crippen LogP contribution < -0.4 is 5.63 Å². The number of halogens is 2. The summed E-state index contributed by atoms with van der Waals surface area (Å²) >= 11 is 0. The van der Waals surface area contributed by atoms with Gasteiger partial charge in [-0.25, -0.2) is 13.6 Å². The van der Waals surface area contributed by atoms with Gasteiger partial charge in [-0.15, -0.1) is 0 Å². The van der Waals surface area contributed by atoms with Crippen molar-refractivity contribution in [3.8, 4) is 5.75 Å². The van der Waals surface area contributed by atoms with Gasteiger partial charge in [0.2, 0.25) is 0 Å². The van der Waals surface area contributed by atoms with Gasteiger partial charge in [0.05, 0.1) is 0 Å². The standard InChI is InChI=1S/C15H10F2O4/c1-8-4-13(19)14(15(20)21-8)12(18)3-2-9-5-10(16)7-11(17)6-9/h2-7,19H,1H3/b3-2+. The van der Waals surface area contributed by atoms with Crippen molar-refractivity contribution in [3.63, 3.8) is 0 Å². The van der Waals surface area contributed by atoms with Gasteiger partial charge in [-0.3, -0.25) is 4.79 Å². The molecule has 6 heteroatoms. The molecule has 0 atom stereocenters. The number of rotatable bonds is 3. The summed E-state index contributed by atoms with van der Waals surface area (Å²) in [5, 5.41) is 9.59. The zero-order valence-electron chi connectivity index (χ0n) is 10.9. The molecule has 0 amide bonds. The molecule has 1 N–H and O–H groups in total. The minimum Gasteiger partial charge on any atom is -0.507 e. The van der Waals surface area contributed by atoms with Crippen molar-refractivity contribution in [2.24, 2.45) is 0 Å². The molecular formula is C15H10F2O4. The third-order valence-corrected chi connectivity index (χ3v) is 2.61. The van der Waals surface area contributed by atoms with E-state index in [0.29, 0.717) is 6.07 Å². The number of hydrogen-bond donors (Lipinski definition) is 1. The Morgan fingerprint density at radius 2 is 1.81 bits per heavy atom. The van der Waals surface area contributed by atoms with Crippen LogP contribution in [0.3, 0.4) is 0 Å². The first-order valence-electron chi connectivity index (χ1n) is 5.89. The highest BCUT2D eigenvalue weighted by molar-refractivity contribution is 6.08. The van der Waals surface area contributed by atoms with Gasteiger partial charge < -0.3 is 9.52 Å². The first kappa shape index (κ1) is 14.6. The smallest absolute Gasteiger partial charge is 0.351 e. The fraction of sp³-hybridized carbons (Fsp3) is 0.0667. The van der Waals surface area contributed by atoms with Gasteiger partial charge in [-0.2, -0.15) is 0 Å². The highest BCUT2D eigenvalue weighted by Gasteiger charge is 2.15. The van der Waals surface area contributed by atoms with E-state index in [1.54, 1.807) is 0 Å². The monoisotopic (exact) mass is 292 g/mol. The maximum Gasteiger partial charge on any atom is 0.351 e. The first-order chi connectivity index (χ1) is 9.86. The van der Waals surface area contributed by atoms with Crippen LogP contribution in [0.1, 0.15) is 21.7 Å². The Balaban J connectivity index is 2.34. The molecule has 0 aliphatic carbocycles. The minimum absolute atomic E-state index is 0.108. The van der Waals surface area contributed by atoms with Gasteiger partial charge in [-0.1, -0.05) is 6.08 Å². The average molecular weight is 292 g/mol. The molecule has 1 aromatic heterocycles. The molecule has 1 heterocycles. The second kappa shape index (κ2) is 5.70. The number of aryl methyl sites for hydroxylation is 1. The molecule has 0 aliphatic rings. The van der Waals surface area contributed by atoms with Crippen LogP contribution in [0.25, 0.3) is 6.08 Å². The molecule has 0 spiro atoms. The summed E-state index contributed by atoms with van der Waals surface area (Å²) in [6, 6.07) is 3.86. The lowest BCUT2D eigenvalue weighted by molar-refractivity contribution is 0.104. The van der Waals surface area contributed by atoms with Crippen molar-refractivity contribution < 1.29 is 23.1 Å². The third kappa shape index (κ3) is 3.42. The number of allylic oxidation sites excluding steroid dienone is 1. The normalized spacial score (nSPS) is 11.0. The number of aromatic hydroxyl groups is 1. The molecule has 2 aromatic rings. The van der Waals surface area contributed by atoms with E-state index in [1.807, 2.05) is 0 Å². The zero-order chi connectivity index (χ0) is 15.6. The van der Waals surface area contributed by atoms with Gasteiger partial charge in [0, 0.05) is 12.1 Å². The molecular weight excluding hydrogens is 282 g/mol. The number of carbonyl (C=O) groups excluding carboxylic acids is 1. The largest absolute Gasteiger partial charge is 0.507 e. The van der Waals surface area contributed by atoms with Crippen LogP contribution in [0, 0.1) is 18.6 Å². The lowest BCUT2D eigenvalue weighted by Gasteiger charge is -2.00. The Morgan fingerprint density at radius 3 is 2.38 bits per heavy atom. The molecule has 1 aromatic carbocycles. The van der Waals surface area contributed by atoms with E-state index in [-0.39, 0.29) is 11.3 Å². The van der Waals surface area contributed by atoms with Crippen molar-refractivity contribution in [1.82, 2.24) is 0 Å². The summed E-state index contributed by atoms with van der Waals surface area (Å²) in [5.74, 6) is -2.76. The van der Waals surface area contributed by atoms with E-state index in [2.05, 4.69) is 0 Å². The summed E-state index contributed by atoms with van der Waals surface area (Å²) < 4.78 is 30.7. The van der Waals surface area contributed by atoms with E-state index in [1.165, 1.54) is 6.92 Å². The number of ketones is 1. The summed E-state index contributed by atoms with van der Waals surface area (Å²) in [4.78, 5) is 23.4. The summed E-state index contributed by atoms with van der Waals surface area (Å²) in [6.07, 6.45) is 2.06. The minimum atomic E-state index is -0.979. The highest BCUT2D eigenvalue weighted by Crippen LogP contribution is 2.16. The first-order valence-corrected chi connectivity index (χ1v) is 5.89. The van der Waals surface area contributed by atoms with E-state index in [4.69, 9.17) is 4.42 Å². The summed E-state index contributed by atoms with van der Waals surface area (Å²) in [6.45, 7) is 1.45. The number of carbonyl (C=O) groups is 1. The lowest BCUT2D eigenvalue weighted by atomic mass is 10.1. The number of hydrogen-bond acceptors (Lipinski definition) is 4. The molecule has 0 bridgehead atoms. The van der Waals surface area contributed by atoms with Gasteiger partial charge in [0.15, 0.2) is 5.78 Å². The highest BCUT2D eigenvalue weighted by atomic mass is 19.1.